The van der Waals surface area contributed by atoms with E-state index in [2.05, 4.69) is 19.2 Å². The number of benzene rings is 1. The SMILES string of the molecule is CCCCC(CC)COC(=O)NCc1ccc(C(N)=O)cc1. The number of alkyl carbamates (subject to hydrolysis) is 1. The van der Waals surface area contributed by atoms with Gasteiger partial charge in [0.05, 0.1) is 6.61 Å². The molecule has 1 atom stereocenters. The second-order valence-corrected chi connectivity index (χ2v) is 5.43. The van der Waals surface area contributed by atoms with Gasteiger partial charge in [0, 0.05) is 12.1 Å². The fourth-order valence-electron chi connectivity index (χ4n) is 2.10. The number of primary amides is 1. The van der Waals surface area contributed by atoms with E-state index in [-0.39, 0.29) is 0 Å². The first-order chi connectivity index (χ1) is 10.6. The zero-order valence-corrected chi connectivity index (χ0v) is 13.4. The molecule has 0 radical (unpaired) electrons. The van der Waals surface area contributed by atoms with Crippen LogP contribution in [-0.2, 0) is 11.3 Å². The van der Waals surface area contributed by atoms with Gasteiger partial charge in [0.15, 0.2) is 0 Å². The summed E-state index contributed by atoms with van der Waals surface area (Å²) < 4.78 is 5.25. The Bertz CT molecular complexity index is 471. The number of carbonyl (C=O) groups excluding carboxylic acids is 2. The second kappa shape index (κ2) is 9.82. The van der Waals surface area contributed by atoms with Gasteiger partial charge in [0.25, 0.3) is 0 Å². The van der Waals surface area contributed by atoms with Gasteiger partial charge in [-0.15, -0.1) is 0 Å². The Kier molecular flexibility index (Phi) is 8.04. The lowest BCUT2D eigenvalue weighted by Crippen LogP contribution is -2.26. The highest BCUT2D eigenvalue weighted by atomic mass is 16.5. The van der Waals surface area contributed by atoms with Crippen molar-refractivity contribution in [2.75, 3.05) is 6.61 Å². The molecule has 3 N–H and O–H groups in total. The summed E-state index contributed by atoms with van der Waals surface area (Å²) in [6.07, 6.45) is 4.02. The van der Waals surface area contributed by atoms with Crippen molar-refractivity contribution in [3.8, 4) is 0 Å². The van der Waals surface area contributed by atoms with Crippen molar-refractivity contribution in [3.05, 3.63) is 35.4 Å². The molecule has 122 valence electrons. The molecule has 0 bridgehead atoms. The molecule has 1 aromatic rings. The summed E-state index contributed by atoms with van der Waals surface area (Å²) in [7, 11) is 0. The molecule has 0 aromatic heterocycles. The highest BCUT2D eigenvalue weighted by Gasteiger charge is 2.09. The summed E-state index contributed by atoms with van der Waals surface area (Å²) in [5, 5.41) is 2.71. The van der Waals surface area contributed by atoms with Gasteiger partial charge in [-0.1, -0.05) is 45.2 Å². The van der Waals surface area contributed by atoms with E-state index in [0.717, 1.165) is 31.2 Å². The van der Waals surface area contributed by atoms with Crippen LogP contribution in [0.1, 0.15) is 55.5 Å². The molecular formula is C17H26N2O3. The first kappa shape index (κ1) is 18.0. The summed E-state index contributed by atoms with van der Waals surface area (Å²) in [6.45, 7) is 5.10. The summed E-state index contributed by atoms with van der Waals surface area (Å²) in [6, 6.07) is 6.80. The summed E-state index contributed by atoms with van der Waals surface area (Å²) in [5.41, 5.74) is 6.51. The minimum Gasteiger partial charge on any atom is -0.449 e. The maximum absolute atomic E-state index is 11.7. The van der Waals surface area contributed by atoms with Gasteiger partial charge in [0.1, 0.15) is 0 Å². The topological polar surface area (TPSA) is 81.4 Å². The molecule has 0 spiro atoms. The molecule has 1 rings (SSSR count). The third-order valence-electron chi connectivity index (χ3n) is 3.67. The van der Waals surface area contributed by atoms with Gasteiger partial charge in [0.2, 0.25) is 5.91 Å². The van der Waals surface area contributed by atoms with E-state index in [1.807, 2.05) is 0 Å². The monoisotopic (exact) mass is 306 g/mol. The van der Waals surface area contributed by atoms with Crippen molar-refractivity contribution >= 4 is 12.0 Å². The van der Waals surface area contributed by atoms with Gasteiger partial charge in [-0.3, -0.25) is 4.79 Å². The molecule has 0 saturated heterocycles. The lowest BCUT2D eigenvalue weighted by atomic mass is 10.0. The fraction of sp³-hybridized carbons (Fsp3) is 0.529. The highest BCUT2D eigenvalue weighted by Crippen LogP contribution is 2.12. The molecule has 0 heterocycles. The number of ether oxygens (including phenoxy) is 1. The van der Waals surface area contributed by atoms with Crippen molar-refractivity contribution in [2.45, 2.75) is 46.1 Å². The van der Waals surface area contributed by atoms with Gasteiger partial charge in [-0.2, -0.15) is 0 Å². The Hall–Kier alpha value is -2.04. The smallest absolute Gasteiger partial charge is 0.407 e. The Morgan fingerprint density at radius 1 is 1.23 bits per heavy atom. The Balaban J connectivity index is 2.31. The normalized spacial score (nSPS) is 11.7. The van der Waals surface area contributed by atoms with E-state index in [1.54, 1.807) is 24.3 Å². The summed E-state index contributed by atoms with van der Waals surface area (Å²) >= 11 is 0. The molecule has 22 heavy (non-hydrogen) atoms. The van der Waals surface area contributed by atoms with Gasteiger partial charge in [-0.05, 0) is 30.0 Å². The van der Waals surface area contributed by atoms with Gasteiger partial charge in [-0.25, -0.2) is 4.79 Å². The van der Waals surface area contributed by atoms with E-state index < -0.39 is 12.0 Å². The maximum atomic E-state index is 11.7. The Morgan fingerprint density at radius 3 is 2.45 bits per heavy atom. The maximum Gasteiger partial charge on any atom is 0.407 e. The van der Waals surface area contributed by atoms with Crippen LogP contribution in [0, 0.1) is 5.92 Å². The largest absolute Gasteiger partial charge is 0.449 e. The second-order valence-electron chi connectivity index (χ2n) is 5.43. The van der Waals surface area contributed by atoms with Crippen molar-refractivity contribution in [3.63, 3.8) is 0 Å². The van der Waals surface area contributed by atoms with Crippen LogP contribution in [0.15, 0.2) is 24.3 Å². The highest BCUT2D eigenvalue weighted by molar-refractivity contribution is 5.92. The predicted molar refractivity (Wildman–Crippen MR) is 86.5 cm³/mol. The molecule has 5 nitrogen and oxygen atoms in total. The molecular weight excluding hydrogens is 280 g/mol. The van der Waals surface area contributed by atoms with Crippen LogP contribution in [-0.4, -0.2) is 18.6 Å². The van der Waals surface area contributed by atoms with Crippen molar-refractivity contribution in [1.82, 2.24) is 5.32 Å². The number of rotatable bonds is 9. The van der Waals surface area contributed by atoms with Crippen LogP contribution >= 0.6 is 0 Å². The van der Waals surface area contributed by atoms with Crippen molar-refractivity contribution in [1.29, 1.82) is 0 Å². The Labute approximate surface area is 132 Å². The lowest BCUT2D eigenvalue weighted by Gasteiger charge is -2.15. The van der Waals surface area contributed by atoms with Crippen LogP contribution in [0.2, 0.25) is 0 Å². The zero-order chi connectivity index (χ0) is 16.4. The van der Waals surface area contributed by atoms with E-state index in [4.69, 9.17) is 10.5 Å². The number of hydrogen-bond donors (Lipinski definition) is 2. The van der Waals surface area contributed by atoms with Crippen molar-refractivity contribution in [2.24, 2.45) is 11.7 Å². The summed E-state index contributed by atoms with van der Waals surface area (Å²) in [5.74, 6) is -0.0304. The van der Waals surface area contributed by atoms with E-state index >= 15 is 0 Å². The molecule has 1 aromatic carbocycles. The Morgan fingerprint density at radius 2 is 1.91 bits per heavy atom. The molecule has 5 heteroatoms. The van der Waals surface area contributed by atoms with Crippen LogP contribution < -0.4 is 11.1 Å². The number of hydrogen-bond acceptors (Lipinski definition) is 3. The number of carbonyl (C=O) groups is 2. The predicted octanol–water partition coefficient (Wildman–Crippen LogP) is 3.23. The molecule has 0 aliphatic rings. The first-order valence-corrected chi connectivity index (χ1v) is 7.86. The summed E-state index contributed by atoms with van der Waals surface area (Å²) in [4.78, 5) is 22.6. The standard InChI is InChI=1S/C17H26N2O3/c1-3-5-6-13(4-2)12-22-17(21)19-11-14-7-9-15(10-8-14)16(18)20/h7-10,13H,3-6,11-12H2,1-2H3,(H2,18,20)(H,19,21). The molecule has 0 saturated carbocycles. The third kappa shape index (κ3) is 6.61. The molecule has 0 fully saturated rings. The molecule has 1 unspecified atom stereocenters. The number of nitrogens with two attached hydrogens (primary N) is 1. The minimum atomic E-state index is -0.461. The van der Waals surface area contributed by atoms with Crippen LogP contribution in [0.5, 0.6) is 0 Å². The van der Waals surface area contributed by atoms with Gasteiger partial charge >= 0.3 is 6.09 Å². The van der Waals surface area contributed by atoms with E-state index in [0.29, 0.717) is 24.6 Å². The van der Waals surface area contributed by atoms with E-state index in [1.165, 1.54) is 0 Å². The van der Waals surface area contributed by atoms with Crippen LogP contribution in [0.3, 0.4) is 0 Å². The van der Waals surface area contributed by atoms with E-state index in [9.17, 15) is 9.59 Å². The van der Waals surface area contributed by atoms with Crippen LogP contribution in [0.25, 0.3) is 0 Å². The molecule has 0 aliphatic heterocycles. The quantitative estimate of drug-likeness (QED) is 0.735. The number of nitrogens with one attached hydrogen (secondary N) is 1. The average Bonchev–Trinajstić information content (AvgIpc) is 2.53. The van der Waals surface area contributed by atoms with Crippen LogP contribution in [0.4, 0.5) is 4.79 Å². The molecule has 0 aliphatic carbocycles. The zero-order valence-electron chi connectivity index (χ0n) is 13.4. The first-order valence-electron chi connectivity index (χ1n) is 7.86. The number of unbranched alkanes of at least 4 members (excludes halogenated alkanes) is 1. The average molecular weight is 306 g/mol. The fourth-order valence-corrected chi connectivity index (χ4v) is 2.10. The van der Waals surface area contributed by atoms with Gasteiger partial charge < -0.3 is 15.8 Å². The minimum absolute atomic E-state index is 0.365. The van der Waals surface area contributed by atoms with Crippen molar-refractivity contribution < 1.29 is 14.3 Å². The lowest BCUT2D eigenvalue weighted by molar-refractivity contribution is 0.1000. The molecule has 2 amide bonds. The number of amides is 2. The third-order valence-corrected chi connectivity index (χ3v) is 3.67.